The lowest BCUT2D eigenvalue weighted by Crippen LogP contribution is -2.46. The highest BCUT2D eigenvalue weighted by molar-refractivity contribution is 6.00. The number of hydrogen-bond donors (Lipinski definition) is 1. The molecule has 6 heteroatoms. The molecule has 0 bridgehead atoms. The topological polar surface area (TPSA) is 72.7 Å². The van der Waals surface area contributed by atoms with E-state index in [0.717, 1.165) is 5.52 Å². The minimum absolute atomic E-state index is 0.248. The van der Waals surface area contributed by atoms with Crippen LogP contribution in [0.15, 0.2) is 30.9 Å². The summed E-state index contributed by atoms with van der Waals surface area (Å²) in [5.74, 6) is -0.0420. The Morgan fingerprint density at radius 1 is 1.44 bits per heavy atom. The lowest BCUT2D eigenvalue weighted by atomic mass is 10.1. The quantitative estimate of drug-likeness (QED) is 0.783. The summed E-state index contributed by atoms with van der Waals surface area (Å²) in [6.45, 7) is 0. The number of imide groups is 1. The zero-order valence-electron chi connectivity index (χ0n) is 9.50. The highest BCUT2D eigenvalue weighted by Crippen LogP contribution is 2.22. The number of hydrogen-bond acceptors (Lipinski definition) is 4. The maximum atomic E-state index is 11.6. The van der Waals surface area contributed by atoms with Crippen molar-refractivity contribution in [3.63, 3.8) is 0 Å². The molecule has 1 atom stereocenters. The van der Waals surface area contributed by atoms with Crippen LogP contribution < -0.4 is 10.1 Å². The zero-order valence-corrected chi connectivity index (χ0v) is 9.50. The number of rotatable bonds is 2. The average molecular weight is 245 g/mol. The first-order chi connectivity index (χ1) is 8.74. The van der Waals surface area contributed by atoms with Crippen LogP contribution in [0.3, 0.4) is 0 Å². The Morgan fingerprint density at radius 3 is 3.17 bits per heavy atom. The van der Waals surface area contributed by atoms with E-state index in [1.54, 1.807) is 23.0 Å². The first-order valence-corrected chi connectivity index (χ1v) is 5.65. The van der Waals surface area contributed by atoms with E-state index >= 15 is 0 Å². The molecule has 92 valence electrons. The molecule has 3 heterocycles. The summed E-state index contributed by atoms with van der Waals surface area (Å²) in [6.07, 6.45) is 5.26. The van der Waals surface area contributed by atoms with Crippen molar-refractivity contribution in [2.45, 2.75) is 18.9 Å². The normalized spacial score (nSPS) is 19.9. The van der Waals surface area contributed by atoms with Crippen molar-refractivity contribution in [2.24, 2.45) is 0 Å². The molecule has 1 unspecified atom stereocenters. The number of nitrogens with zero attached hydrogens (tertiary/aromatic N) is 2. The van der Waals surface area contributed by atoms with Crippen molar-refractivity contribution in [1.29, 1.82) is 0 Å². The Morgan fingerprint density at radius 2 is 2.33 bits per heavy atom. The summed E-state index contributed by atoms with van der Waals surface area (Å²) >= 11 is 0. The molecule has 1 aliphatic heterocycles. The molecule has 1 saturated heterocycles. The van der Waals surface area contributed by atoms with Crippen molar-refractivity contribution in [1.82, 2.24) is 14.7 Å². The SMILES string of the molecule is O=C1CCC(Oc2cccn3cncc23)C(=O)N1. The van der Waals surface area contributed by atoms with Gasteiger partial charge >= 0.3 is 0 Å². The second kappa shape index (κ2) is 4.14. The van der Waals surface area contributed by atoms with Crippen molar-refractivity contribution in [3.05, 3.63) is 30.9 Å². The fraction of sp³-hybridized carbons (Fsp3) is 0.250. The van der Waals surface area contributed by atoms with Gasteiger partial charge in [-0.1, -0.05) is 0 Å². The number of piperidine rings is 1. The molecular weight excluding hydrogens is 234 g/mol. The van der Waals surface area contributed by atoms with E-state index in [0.29, 0.717) is 18.6 Å². The maximum absolute atomic E-state index is 11.6. The van der Waals surface area contributed by atoms with Gasteiger partial charge in [0.25, 0.3) is 5.91 Å². The summed E-state index contributed by atoms with van der Waals surface area (Å²) in [5.41, 5.74) is 0.794. The van der Waals surface area contributed by atoms with Gasteiger partial charge in [0, 0.05) is 19.0 Å². The first-order valence-electron chi connectivity index (χ1n) is 5.65. The largest absolute Gasteiger partial charge is 0.478 e. The van der Waals surface area contributed by atoms with Crippen molar-refractivity contribution < 1.29 is 14.3 Å². The van der Waals surface area contributed by atoms with Crippen LogP contribution in [0.1, 0.15) is 12.8 Å². The zero-order chi connectivity index (χ0) is 12.5. The predicted molar refractivity (Wildman–Crippen MR) is 62.0 cm³/mol. The van der Waals surface area contributed by atoms with Gasteiger partial charge in [0.05, 0.1) is 12.5 Å². The van der Waals surface area contributed by atoms with E-state index in [4.69, 9.17) is 4.74 Å². The van der Waals surface area contributed by atoms with E-state index in [1.807, 2.05) is 12.3 Å². The molecule has 2 amide bonds. The number of imidazole rings is 1. The number of fused-ring (bicyclic) bond motifs is 1. The van der Waals surface area contributed by atoms with Crippen LogP contribution in [-0.2, 0) is 9.59 Å². The third-order valence-corrected chi connectivity index (χ3v) is 2.87. The predicted octanol–water partition coefficient (Wildman–Crippen LogP) is 0.518. The number of aromatic nitrogens is 2. The lowest BCUT2D eigenvalue weighted by Gasteiger charge is -2.22. The molecule has 6 nitrogen and oxygen atoms in total. The van der Waals surface area contributed by atoms with Gasteiger partial charge in [-0.15, -0.1) is 0 Å². The summed E-state index contributed by atoms with van der Waals surface area (Å²) in [4.78, 5) is 26.7. The Kier molecular flexibility index (Phi) is 2.47. The van der Waals surface area contributed by atoms with E-state index in [2.05, 4.69) is 10.3 Å². The number of ether oxygens (including phenoxy) is 1. The van der Waals surface area contributed by atoms with E-state index < -0.39 is 6.10 Å². The molecular formula is C12H11N3O3. The molecule has 2 aromatic heterocycles. The third kappa shape index (κ3) is 1.81. The molecule has 0 aromatic carbocycles. The molecule has 0 spiro atoms. The third-order valence-electron chi connectivity index (χ3n) is 2.87. The fourth-order valence-corrected chi connectivity index (χ4v) is 1.96. The minimum atomic E-state index is -0.621. The number of nitrogens with one attached hydrogen (secondary N) is 1. The van der Waals surface area contributed by atoms with Gasteiger partial charge in [0.1, 0.15) is 11.3 Å². The second-order valence-electron chi connectivity index (χ2n) is 4.12. The molecule has 0 saturated carbocycles. The molecule has 1 N–H and O–H groups in total. The highest BCUT2D eigenvalue weighted by Gasteiger charge is 2.28. The molecule has 0 radical (unpaired) electrons. The van der Waals surface area contributed by atoms with Crippen molar-refractivity contribution >= 4 is 17.3 Å². The first kappa shape index (κ1) is 10.8. The highest BCUT2D eigenvalue weighted by atomic mass is 16.5. The van der Waals surface area contributed by atoms with Gasteiger partial charge in [0.2, 0.25) is 5.91 Å². The monoisotopic (exact) mass is 245 g/mol. The van der Waals surface area contributed by atoms with Crippen LogP contribution in [0.25, 0.3) is 5.52 Å². The van der Waals surface area contributed by atoms with Crippen LogP contribution in [-0.4, -0.2) is 27.3 Å². The van der Waals surface area contributed by atoms with Gasteiger partial charge in [-0.2, -0.15) is 0 Å². The lowest BCUT2D eigenvalue weighted by molar-refractivity contribution is -0.138. The Labute approximate surface area is 103 Å². The van der Waals surface area contributed by atoms with Gasteiger partial charge in [-0.25, -0.2) is 4.98 Å². The number of pyridine rings is 1. The Bertz CT molecular complexity index is 620. The Balaban J connectivity index is 1.86. The van der Waals surface area contributed by atoms with Crippen LogP contribution >= 0.6 is 0 Å². The summed E-state index contributed by atoms with van der Waals surface area (Å²) in [6, 6.07) is 3.59. The minimum Gasteiger partial charge on any atom is -0.478 e. The summed E-state index contributed by atoms with van der Waals surface area (Å²) < 4.78 is 7.47. The van der Waals surface area contributed by atoms with Crippen LogP contribution in [0.2, 0.25) is 0 Å². The second-order valence-corrected chi connectivity index (χ2v) is 4.12. The van der Waals surface area contributed by atoms with Crippen molar-refractivity contribution in [3.8, 4) is 5.75 Å². The van der Waals surface area contributed by atoms with Crippen molar-refractivity contribution in [2.75, 3.05) is 0 Å². The smallest absolute Gasteiger partial charge is 0.267 e. The van der Waals surface area contributed by atoms with Gasteiger partial charge in [-0.05, 0) is 12.1 Å². The molecule has 18 heavy (non-hydrogen) atoms. The molecule has 3 rings (SSSR count). The molecule has 0 aliphatic carbocycles. The summed E-state index contributed by atoms with van der Waals surface area (Å²) in [7, 11) is 0. The number of carbonyl (C=O) groups excluding carboxylic acids is 2. The Hall–Kier alpha value is -2.37. The molecule has 1 aliphatic rings. The number of carbonyl (C=O) groups is 2. The fourth-order valence-electron chi connectivity index (χ4n) is 1.96. The number of amides is 2. The molecule has 1 fully saturated rings. The molecule has 2 aromatic rings. The van der Waals surface area contributed by atoms with E-state index in [1.165, 1.54) is 0 Å². The standard InChI is InChI=1S/C12H11N3O3/c16-11-4-3-10(12(17)14-11)18-9-2-1-5-15-7-13-6-8(9)15/h1-2,5-7,10H,3-4H2,(H,14,16,17). The summed E-state index contributed by atoms with van der Waals surface area (Å²) in [5, 5.41) is 2.27. The van der Waals surface area contributed by atoms with Crippen LogP contribution in [0.5, 0.6) is 5.75 Å². The van der Waals surface area contributed by atoms with Gasteiger partial charge in [-0.3, -0.25) is 14.9 Å². The van der Waals surface area contributed by atoms with Gasteiger partial charge < -0.3 is 9.14 Å². The van der Waals surface area contributed by atoms with Crippen LogP contribution in [0, 0.1) is 0 Å². The average Bonchev–Trinajstić information content (AvgIpc) is 2.82. The van der Waals surface area contributed by atoms with Gasteiger partial charge in [0.15, 0.2) is 6.10 Å². The van der Waals surface area contributed by atoms with E-state index in [9.17, 15) is 9.59 Å². The van der Waals surface area contributed by atoms with Crippen LogP contribution in [0.4, 0.5) is 0 Å². The maximum Gasteiger partial charge on any atom is 0.267 e. The van der Waals surface area contributed by atoms with E-state index in [-0.39, 0.29) is 11.8 Å².